The average Bonchev–Trinajstić information content (AvgIpc) is 2.42. The van der Waals surface area contributed by atoms with E-state index in [1.54, 1.807) is 18.9 Å². The molecule has 0 aliphatic heterocycles. The lowest BCUT2D eigenvalue weighted by Crippen LogP contribution is -2.46. The number of hydrogen-bond donors (Lipinski definition) is 1. The van der Waals surface area contributed by atoms with Crippen molar-refractivity contribution >= 4 is 11.8 Å². The van der Waals surface area contributed by atoms with Crippen LogP contribution in [-0.2, 0) is 16.1 Å². The van der Waals surface area contributed by atoms with Crippen molar-refractivity contribution < 1.29 is 9.59 Å². The first-order valence-electron chi connectivity index (χ1n) is 6.56. The zero-order valence-electron chi connectivity index (χ0n) is 12.1. The molecule has 0 aliphatic rings. The molecule has 1 atom stereocenters. The minimum absolute atomic E-state index is 0.0161. The number of aryl methyl sites for hydroxylation is 1. The van der Waals surface area contributed by atoms with Gasteiger partial charge in [0.2, 0.25) is 11.8 Å². The van der Waals surface area contributed by atoms with E-state index in [0.717, 1.165) is 11.1 Å². The van der Waals surface area contributed by atoms with E-state index in [0.29, 0.717) is 13.0 Å². The summed E-state index contributed by atoms with van der Waals surface area (Å²) >= 11 is 0. The van der Waals surface area contributed by atoms with Crippen LogP contribution in [0.2, 0.25) is 0 Å². The van der Waals surface area contributed by atoms with Crippen LogP contribution in [0.25, 0.3) is 0 Å². The van der Waals surface area contributed by atoms with Gasteiger partial charge in [0.05, 0.1) is 0 Å². The quantitative estimate of drug-likeness (QED) is 0.880. The predicted octanol–water partition coefficient (Wildman–Crippen LogP) is 1.87. The molecule has 0 fully saturated rings. The average molecular weight is 262 g/mol. The number of carbonyl (C=O) groups excluding carboxylic acids is 2. The summed E-state index contributed by atoms with van der Waals surface area (Å²) in [5.41, 5.74) is 2.19. The van der Waals surface area contributed by atoms with Crippen molar-refractivity contribution in [3.8, 4) is 0 Å². The molecular formula is C15H22N2O2. The van der Waals surface area contributed by atoms with E-state index < -0.39 is 6.04 Å². The summed E-state index contributed by atoms with van der Waals surface area (Å²) in [6.45, 7) is 6.03. The van der Waals surface area contributed by atoms with E-state index in [4.69, 9.17) is 0 Å². The van der Waals surface area contributed by atoms with Gasteiger partial charge in [-0.05, 0) is 19.4 Å². The van der Waals surface area contributed by atoms with E-state index in [-0.39, 0.29) is 11.8 Å². The Labute approximate surface area is 114 Å². The number of benzene rings is 1. The second-order valence-corrected chi connectivity index (χ2v) is 4.65. The minimum Gasteiger partial charge on any atom is -0.357 e. The van der Waals surface area contributed by atoms with Crippen LogP contribution < -0.4 is 5.32 Å². The highest BCUT2D eigenvalue weighted by atomic mass is 16.2. The summed E-state index contributed by atoms with van der Waals surface area (Å²) in [6.07, 6.45) is 0.396. The van der Waals surface area contributed by atoms with Gasteiger partial charge >= 0.3 is 0 Å². The van der Waals surface area contributed by atoms with Gasteiger partial charge in [0.1, 0.15) is 6.04 Å². The van der Waals surface area contributed by atoms with Gasteiger partial charge in [0.15, 0.2) is 0 Å². The number of nitrogens with one attached hydrogen (secondary N) is 1. The molecule has 1 aromatic rings. The molecule has 4 nitrogen and oxygen atoms in total. The molecule has 0 bridgehead atoms. The third-order valence-corrected chi connectivity index (χ3v) is 3.15. The van der Waals surface area contributed by atoms with Crippen LogP contribution in [0.1, 0.15) is 31.4 Å². The fourth-order valence-corrected chi connectivity index (χ4v) is 2.00. The van der Waals surface area contributed by atoms with Crippen molar-refractivity contribution in [1.29, 1.82) is 0 Å². The first-order valence-corrected chi connectivity index (χ1v) is 6.56. The van der Waals surface area contributed by atoms with Crippen LogP contribution >= 0.6 is 0 Å². The molecule has 0 saturated carbocycles. The van der Waals surface area contributed by atoms with Gasteiger partial charge in [0.25, 0.3) is 0 Å². The molecule has 0 aliphatic carbocycles. The predicted molar refractivity (Wildman–Crippen MR) is 75.5 cm³/mol. The van der Waals surface area contributed by atoms with Gasteiger partial charge in [-0.3, -0.25) is 9.59 Å². The molecule has 0 radical (unpaired) electrons. The molecule has 0 saturated heterocycles. The molecule has 2 amide bonds. The molecule has 1 rings (SSSR count). The molecule has 0 spiro atoms. The van der Waals surface area contributed by atoms with Gasteiger partial charge in [-0.15, -0.1) is 0 Å². The number of likely N-dealkylation sites (N-methyl/N-ethyl adjacent to an activating group) is 1. The Morgan fingerprint density at radius 2 is 2.05 bits per heavy atom. The zero-order chi connectivity index (χ0) is 14.4. The van der Waals surface area contributed by atoms with E-state index in [1.165, 1.54) is 0 Å². The minimum atomic E-state index is -0.460. The van der Waals surface area contributed by atoms with Crippen LogP contribution in [0.15, 0.2) is 24.3 Å². The van der Waals surface area contributed by atoms with Crippen molar-refractivity contribution in [1.82, 2.24) is 10.2 Å². The van der Waals surface area contributed by atoms with Crippen molar-refractivity contribution in [2.45, 2.75) is 39.8 Å². The monoisotopic (exact) mass is 262 g/mol. The van der Waals surface area contributed by atoms with Gasteiger partial charge in [-0.25, -0.2) is 0 Å². The van der Waals surface area contributed by atoms with Crippen LogP contribution in [0.5, 0.6) is 0 Å². The highest BCUT2D eigenvalue weighted by Crippen LogP contribution is 2.12. The molecule has 19 heavy (non-hydrogen) atoms. The Morgan fingerprint density at radius 1 is 1.37 bits per heavy atom. The zero-order valence-corrected chi connectivity index (χ0v) is 12.1. The third-order valence-electron chi connectivity index (χ3n) is 3.15. The molecule has 1 N–H and O–H groups in total. The molecule has 4 heteroatoms. The third kappa shape index (κ3) is 4.09. The van der Waals surface area contributed by atoms with Crippen molar-refractivity contribution in [2.24, 2.45) is 0 Å². The fraction of sp³-hybridized carbons (Fsp3) is 0.467. The lowest BCUT2D eigenvalue weighted by molar-refractivity contribution is -0.140. The van der Waals surface area contributed by atoms with Crippen molar-refractivity contribution in [2.75, 3.05) is 7.05 Å². The fourth-order valence-electron chi connectivity index (χ4n) is 2.00. The molecule has 0 unspecified atom stereocenters. The molecule has 0 aromatic heterocycles. The number of rotatable bonds is 5. The van der Waals surface area contributed by atoms with E-state index in [2.05, 4.69) is 5.32 Å². The van der Waals surface area contributed by atoms with Crippen molar-refractivity contribution in [3.63, 3.8) is 0 Å². The summed E-state index contributed by atoms with van der Waals surface area (Å²) in [6, 6.07) is 7.52. The summed E-state index contributed by atoms with van der Waals surface area (Å²) in [7, 11) is 1.58. The molecular weight excluding hydrogens is 240 g/mol. The molecule has 104 valence electrons. The maximum absolute atomic E-state index is 12.0. The summed E-state index contributed by atoms with van der Waals surface area (Å²) in [4.78, 5) is 25.4. The maximum Gasteiger partial charge on any atom is 0.242 e. The van der Waals surface area contributed by atoms with E-state index >= 15 is 0 Å². The second kappa shape index (κ2) is 6.92. The normalized spacial score (nSPS) is 11.8. The van der Waals surface area contributed by atoms with E-state index in [1.807, 2.05) is 38.1 Å². The van der Waals surface area contributed by atoms with Crippen molar-refractivity contribution in [3.05, 3.63) is 35.4 Å². The number of amides is 2. The lowest BCUT2D eigenvalue weighted by atomic mass is 10.1. The van der Waals surface area contributed by atoms with Crippen LogP contribution in [0.4, 0.5) is 0 Å². The van der Waals surface area contributed by atoms with Gasteiger partial charge in [-0.1, -0.05) is 36.8 Å². The Bertz CT molecular complexity index is 457. The molecule has 1 aromatic carbocycles. The Hall–Kier alpha value is -1.84. The number of hydrogen-bond acceptors (Lipinski definition) is 2. The summed E-state index contributed by atoms with van der Waals surface area (Å²) in [5.74, 6) is -0.160. The van der Waals surface area contributed by atoms with Gasteiger partial charge in [0, 0.05) is 20.0 Å². The molecule has 0 heterocycles. The Balaban J connectivity index is 2.92. The summed E-state index contributed by atoms with van der Waals surface area (Å²) < 4.78 is 0. The van der Waals surface area contributed by atoms with Gasteiger partial charge in [-0.2, -0.15) is 0 Å². The smallest absolute Gasteiger partial charge is 0.242 e. The topological polar surface area (TPSA) is 49.4 Å². The largest absolute Gasteiger partial charge is 0.357 e. The highest BCUT2D eigenvalue weighted by molar-refractivity contribution is 5.87. The van der Waals surface area contributed by atoms with Crippen LogP contribution in [0.3, 0.4) is 0 Å². The Morgan fingerprint density at radius 3 is 2.58 bits per heavy atom. The number of carbonyl (C=O) groups is 2. The first-order chi connectivity index (χ1) is 8.99. The second-order valence-electron chi connectivity index (χ2n) is 4.65. The maximum atomic E-state index is 12.0. The lowest BCUT2D eigenvalue weighted by Gasteiger charge is -2.28. The standard InChI is InChI=1S/C15H22N2O2/c1-5-14(18)17(12(3)15(19)16-4)10-13-8-6-7-11(2)9-13/h6-9,12H,5,10H2,1-4H3,(H,16,19)/t12-/m1/s1. The highest BCUT2D eigenvalue weighted by Gasteiger charge is 2.24. The van der Waals surface area contributed by atoms with Crippen LogP contribution in [0, 0.1) is 6.92 Å². The van der Waals surface area contributed by atoms with Gasteiger partial charge < -0.3 is 10.2 Å². The SMILES string of the molecule is CCC(=O)N(Cc1cccc(C)c1)[C@H](C)C(=O)NC. The van der Waals surface area contributed by atoms with Crippen LogP contribution in [-0.4, -0.2) is 29.8 Å². The summed E-state index contributed by atoms with van der Waals surface area (Å²) in [5, 5.41) is 2.59. The Kier molecular flexibility index (Phi) is 5.55. The first kappa shape index (κ1) is 15.2. The van der Waals surface area contributed by atoms with E-state index in [9.17, 15) is 9.59 Å². The number of nitrogens with zero attached hydrogens (tertiary/aromatic N) is 1.